The van der Waals surface area contributed by atoms with Gasteiger partial charge in [0.2, 0.25) is 5.78 Å². The van der Waals surface area contributed by atoms with Gasteiger partial charge in [-0.25, -0.2) is 4.39 Å². The Bertz CT molecular complexity index is 420. The Morgan fingerprint density at radius 3 is 2.75 bits per heavy atom. The van der Waals surface area contributed by atoms with Crippen molar-refractivity contribution in [2.24, 2.45) is 0 Å². The van der Waals surface area contributed by atoms with Crippen molar-refractivity contribution in [3.8, 4) is 0 Å². The standard InChI is InChI=1S/C13H13FO2/c1-2-3-12-11(15)8-13(16-12)9-4-6-10(14)7-5-9/h3-7,13H,2,8H2,1H3/b12-3+/t13-/m1/s1. The minimum atomic E-state index is -0.280. The largest absolute Gasteiger partial charge is 0.482 e. The van der Waals surface area contributed by atoms with Crippen molar-refractivity contribution >= 4 is 5.78 Å². The Balaban J connectivity index is 2.17. The predicted octanol–water partition coefficient (Wildman–Crippen LogP) is 3.15. The van der Waals surface area contributed by atoms with Crippen LogP contribution >= 0.6 is 0 Å². The van der Waals surface area contributed by atoms with Crippen molar-refractivity contribution in [2.75, 3.05) is 0 Å². The fourth-order valence-corrected chi connectivity index (χ4v) is 1.74. The van der Waals surface area contributed by atoms with E-state index < -0.39 is 0 Å². The number of carbonyl (C=O) groups excluding carboxylic acids is 1. The van der Waals surface area contributed by atoms with E-state index in [0.29, 0.717) is 12.2 Å². The van der Waals surface area contributed by atoms with Crippen LogP contribution in [0.5, 0.6) is 0 Å². The maximum absolute atomic E-state index is 12.7. The van der Waals surface area contributed by atoms with Crippen molar-refractivity contribution in [1.29, 1.82) is 0 Å². The van der Waals surface area contributed by atoms with Crippen LogP contribution in [0.3, 0.4) is 0 Å². The highest BCUT2D eigenvalue weighted by molar-refractivity contribution is 5.95. The first-order valence-corrected chi connectivity index (χ1v) is 5.36. The van der Waals surface area contributed by atoms with Gasteiger partial charge in [-0.1, -0.05) is 19.1 Å². The summed E-state index contributed by atoms with van der Waals surface area (Å²) in [6.45, 7) is 1.95. The molecular formula is C13H13FO2. The molecule has 2 rings (SSSR count). The van der Waals surface area contributed by atoms with Crippen molar-refractivity contribution < 1.29 is 13.9 Å². The minimum absolute atomic E-state index is 0.0242. The Labute approximate surface area is 93.7 Å². The van der Waals surface area contributed by atoms with Gasteiger partial charge in [-0.3, -0.25) is 4.79 Å². The zero-order valence-corrected chi connectivity index (χ0v) is 9.07. The Kier molecular flexibility index (Phi) is 3.04. The molecule has 0 bridgehead atoms. The number of hydrogen-bond acceptors (Lipinski definition) is 2. The van der Waals surface area contributed by atoms with Gasteiger partial charge in [-0.05, 0) is 30.2 Å². The molecule has 1 saturated heterocycles. The number of hydrogen-bond donors (Lipinski definition) is 0. The first-order chi connectivity index (χ1) is 7.70. The summed E-state index contributed by atoms with van der Waals surface area (Å²) in [5, 5.41) is 0. The summed E-state index contributed by atoms with van der Waals surface area (Å²) in [4.78, 5) is 11.5. The number of carbonyl (C=O) groups is 1. The van der Waals surface area contributed by atoms with Gasteiger partial charge in [0.25, 0.3) is 0 Å². The van der Waals surface area contributed by atoms with Crippen molar-refractivity contribution in [1.82, 2.24) is 0 Å². The minimum Gasteiger partial charge on any atom is -0.482 e. The Morgan fingerprint density at radius 1 is 1.44 bits per heavy atom. The molecule has 84 valence electrons. The average molecular weight is 220 g/mol. The van der Waals surface area contributed by atoms with Crippen LogP contribution in [0, 0.1) is 5.82 Å². The molecular weight excluding hydrogens is 207 g/mol. The van der Waals surface area contributed by atoms with E-state index in [-0.39, 0.29) is 17.7 Å². The summed E-state index contributed by atoms with van der Waals surface area (Å²) in [5.74, 6) is 0.186. The Morgan fingerprint density at radius 2 is 2.12 bits per heavy atom. The van der Waals surface area contributed by atoms with Crippen LogP contribution < -0.4 is 0 Å². The second-order valence-corrected chi connectivity index (χ2v) is 3.76. The van der Waals surface area contributed by atoms with Crippen molar-refractivity contribution in [3.63, 3.8) is 0 Å². The molecule has 0 aliphatic carbocycles. The van der Waals surface area contributed by atoms with E-state index in [4.69, 9.17) is 4.74 Å². The number of benzene rings is 1. The molecule has 1 fully saturated rings. The van der Waals surface area contributed by atoms with E-state index in [1.54, 1.807) is 18.2 Å². The molecule has 1 aromatic rings. The van der Waals surface area contributed by atoms with Gasteiger partial charge in [0, 0.05) is 0 Å². The quantitative estimate of drug-likeness (QED) is 0.715. The number of Topliss-reactive ketones (excluding diaryl/α,β-unsaturated/α-hetero) is 1. The van der Waals surface area contributed by atoms with E-state index in [1.807, 2.05) is 6.92 Å². The zero-order chi connectivity index (χ0) is 11.5. The van der Waals surface area contributed by atoms with Crippen LogP contribution in [-0.4, -0.2) is 5.78 Å². The first-order valence-electron chi connectivity index (χ1n) is 5.36. The summed E-state index contributed by atoms with van der Waals surface area (Å²) < 4.78 is 18.3. The van der Waals surface area contributed by atoms with Crippen molar-refractivity contribution in [2.45, 2.75) is 25.9 Å². The number of allylic oxidation sites excluding steroid dienone is 2. The van der Waals surface area contributed by atoms with Crippen molar-refractivity contribution in [3.05, 3.63) is 47.5 Å². The van der Waals surface area contributed by atoms with Crippen LogP contribution in [0.15, 0.2) is 36.1 Å². The van der Waals surface area contributed by atoms with E-state index in [0.717, 1.165) is 12.0 Å². The Hall–Kier alpha value is -1.64. The normalized spacial score (nSPS) is 22.5. The van der Waals surface area contributed by atoms with Gasteiger partial charge in [-0.15, -0.1) is 0 Å². The second-order valence-electron chi connectivity index (χ2n) is 3.76. The first kappa shape index (κ1) is 10.9. The maximum atomic E-state index is 12.7. The summed E-state index contributed by atoms with van der Waals surface area (Å²) in [6.07, 6.45) is 2.64. The molecule has 1 aliphatic rings. The van der Waals surface area contributed by atoms with Crippen LogP contribution in [0.25, 0.3) is 0 Å². The maximum Gasteiger partial charge on any atom is 0.201 e. The second kappa shape index (κ2) is 4.47. The molecule has 0 aromatic heterocycles. The molecule has 1 heterocycles. The van der Waals surface area contributed by atoms with Gasteiger partial charge in [0.05, 0.1) is 6.42 Å². The molecule has 1 aliphatic heterocycles. The highest BCUT2D eigenvalue weighted by Crippen LogP contribution is 2.32. The van der Waals surface area contributed by atoms with E-state index in [2.05, 4.69) is 0 Å². The van der Waals surface area contributed by atoms with Crippen LogP contribution in [0.4, 0.5) is 4.39 Å². The fraction of sp³-hybridized carbons (Fsp3) is 0.308. The molecule has 0 spiro atoms. The number of ketones is 1. The number of halogens is 1. The van der Waals surface area contributed by atoms with E-state index >= 15 is 0 Å². The van der Waals surface area contributed by atoms with Crippen LogP contribution in [0.2, 0.25) is 0 Å². The summed E-state index contributed by atoms with van der Waals surface area (Å²) >= 11 is 0. The SMILES string of the molecule is CC/C=C1/O[C@@H](c2ccc(F)cc2)CC1=O. The molecule has 2 nitrogen and oxygen atoms in total. The lowest BCUT2D eigenvalue weighted by molar-refractivity contribution is -0.115. The molecule has 0 unspecified atom stereocenters. The molecule has 0 N–H and O–H groups in total. The monoisotopic (exact) mass is 220 g/mol. The number of ether oxygens (including phenoxy) is 1. The van der Waals surface area contributed by atoms with Gasteiger partial charge >= 0.3 is 0 Å². The molecule has 0 saturated carbocycles. The highest BCUT2D eigenvalue weighted by atomic mass is 19.1. The summed E-state index contributed by atoms with van der Waals surface area (Å²) in [5.41, 5.74) is 0.842. The predicted molar refractivity (Wildman–Crippen MR) is 58.2 cm³/mol. The summed E-state index contributed by atoms with van der Waals surface area (Å²) in [6, 6.07) is 6.07. The molecule has 16 heavy (non-hydrogen) atoms. The molecule has 0 radical (unpaired) electrons. The van der Waals surface area contributed by atoms with Crippen LogP contribution in [-0.2, 0) is 9.53 Å². The topological polar surface area (TPSA) is 26.3 Å². The lowest BCUT2D eigenvalue weighted by Gasteiger charge is -2.09. The van der Waals surface area contributed by atoms with Gasteiger partial charge in [-0.2, -0.15) is 0 Å². The zero-order valence-electron chi connectivity index (χ0n) is 9.07. The molecule has 0 amide bonds. The highest BCUT2D eigenvalue weighted by Gasteiger charge is 2.29. The third-order valence-electron chi connectivity index (χ3n) is 2.55. The molecule has 1 aromatic carbocycles. The lowest BCUT2D eigenvalue weighted by atomic mass is 10.1. The molecule has 1 atom stereocenters. The molecule has 3 heteroatoms. The van der Waals surface area contributed by atoms with Crippen LogP contribution in [0.1, 0.15) is 31.4 Å². The van der Waals surface area contributed by atoms with Gasteiger partial charge in [0.15, 0.2) is 5.76 Å². The summed E-state index contributed by atoms with van der Waals surface area (Å²) in [7, 11) is 0. The number of rotatable bonds is 2. The fourth-order valence-electron chi connectivity index (χ4n) is 1.74. The third-order valence-corrected chi connectivity index (χ3v) is 2.55. The van der Waals surface area contributed by atoms with Gasteiger partial charge < -0.3 is 4.74 Å². The smallest absolute Gasteiger partial charge is 0.201 e. The van der Waals surface area contributed by atoms with Gasteiger partial charge in [0.1, 0.15) is 11.9 Å². The third kappa shape index (κ3) is 2.13. The average Bonchev–Trinajstić information content (AvgIpc) is 2.62. The van der Waals surface area contributed by atoms with E-state index in [1.165, 1.54) is 12.1 Å². The van der Waals surface area contributed by atoms with E-state index in [9.17, 15) is 9.18 Å². The lowest BCUT2D eigenvalue weighted by Crippen LogP contribution is -1.95.